The highest BCUT2D eigenvalue weighted by Crippen LogP contribution is 2.30. The van der Waals surface area contributed by atoms with Crippen LogP contribution in [0, 0.1) is 5.92 Å². The number of nitrogens with zero attached hydrogens (tertiary/aromatic N) is 2. The molecule has 1 aliphatic rings. The predicted octanol–water partition coefficient (Wildman–Crippen LogP) is 2.24. The molecule has 0 spiro atoms. The molecule has 9 nitrogen and oxygen atoms in total. The van der Waals surface area contributed by atoms with Crippen LogP contribution in [0.3, 0.4) is 0 Å². The molecule has 0 saturated carbocycles. The largest absolute Gasteiger partial charge is 0.497 e. The molecule has 1 unspecified atom stereocenters. The Morgan fingerprint density at radius 1 is 1.37 bits per heavy atom. The summed E-state index contributed by atoms with van der Waals surface area (Å²) in [5.41, 5.74) is 7.53. The third-order valence-corrected chi connectivity index (χ3v) is 5.60. The molecule has 4 N–H and O–H groups in total. The maximum absolute atomic E-state index is 12.7. The van der Waals surface area contributed by atoms with E-state index in [2.05, 4.69) is 15.3 Å². The van der Waals surface area contributed by atoms with Crippen molar-refractivity contribution in [1.29, 1.82) is 0 Å². The number of anilines is 2. The van der Waals surface area contributed by atoms with Crippen molar-refractivity contribution in [1.82, 2.24) is 9.97 Å². The Hall–Kier alpha value is -3.66. The smallest absolute Gasteiger partial charge is 0.265 e. The molecule has 3 amide bonds. The third-order valence-electron chi connectivity index (χ3n) is 4.84. The molecule has 4 rings (SSSR count). The van der Waals surface area contributed by atoms with E-state index in [9.17, 15) is 14.4 Å². The molecule has 3 aromatic rings. The van der Waals surface area contributed by atoms with Crippen LogP contribution in [-0.4, -0.2) is 41.3 Å². The van der Waals surface area contributed by atoms with E-state index in [0.29, 0.717) is 27.8 Å². The summed E-state index contributed by atoms with van der Waals surface area (Å²) in [4.78, 5) is 45.1. The van der Waals surface area contributed by atoms with E-state index >= 15 is 0 Å². The number of aromatic nitrogens is 2. The van der Waals surface area contributed by atoms with E-state index in [-0.39, 0.29) is 30.5 Å². The summed E-state index contributed by atoms with van der Waals surface area (Å²) in [5, 5.41) is 4.97. The van der Waals surface area contributed by atoms with Crippen molar-refractivity contribution in [3.8, 4) is 17.0 Å². The lowest BCUT2D eigenvalue weighted by molar-refractivity contribution is -0.122. The molecule has 1 saturated heterocycles. The fourth-order valence-electron chi connectivity index (χ4n) is 3.27. The minimum Gasteiger partial charge on any atom is -0.497 e. The molecule has 1 aliphatic heterocycles. The van der Waals surface area contributed by atoms with Crippen molar-refractivity contribution < 1.29 is 19.1 Å². The van der Waals surface area contributed by atoms with Gasteiger partial charge in [0.1, 0.15) is 11.4 Å². The first-order chi connectivity index (χ1) is 14.4. The number of rotatable bonds is 6. The number of thiazole rings is 1. The Morgan fingerprint density at radius 3 is 2.93 bits per heavy atom. The van der Waals surface area contributed by atoms with Gasteiger partial charge in [-0.15, -0.1) is 11.3 Å². The van der Waals surface area contributed by atoms with Gasteiger partial charge in [-0.1, -0.05) is 6.07 Å². The maximum Gasteiger partial charge on any atom is 0.265 e. The number of amides is 3. The molecule has 1 fully saturated rings. The molecular formula is C20H19N5O4S. The highest BCUT2D eigenvalue weighted by Gasteiger charge is 2.35. The first kappa shape index (κ1) is 19.6. The van der Waals surface area contributed by atoms with Crippen LogP contribution in [0.4, 0.5) is 10.8 Å². The SMILES string of the molecule is COc1cccc(N2CC(C(=O)Nc3nc(-c4c[nH]c(C(N)=O)c4)cs3)CC2=O)c1. The summed E-state index contributed by atoms with van der Waals surface area (Å²) >= 11 is 1.26. The second-order valence-electron chi connectivity index (χ2n) is 6.80. The van der Waals surface area contributed by atoms with Crippen LogP contribution < -0.4 is 20.7 Å². The molecule has 0 radical (unpaired) electrons. The van der Waals surface area contributed by atoms with Crippen molar-refractivity contribution in [2.75, 3.05) is 23.9 Å². The van der Waals surface area contributed by atoms with E-state index in [4.69, 9.17) is 10.5 Å². The third kappa shape index (κ3) is 3.90. The van der Waals surface area contributed by atoms with Gasteiger partial charge in [-0.2, -0.15) is 0 Å². The molecule has 154 valence electrons. The average Bonchev–Trinajstić information content (AvgIpc) is 3.47. The van der Waals surface area contributed by atoms with Gasteiger partial charge in [0.05, 0.1) is 18.7 Å². The Labute approximate surface area is 175 Å². The maximum atomic E-state index is 12.7. The highest BCUT2D eigenvalue weighted by molar-refractivity contribution is 7.14. The number of primary amides is 1. The van der Waals surface area contributed by atoms with Gasteiger partial charge in [0.25, 0.3) is 5.91 Å². The van der Waals surface area contributed by atoms with Gasteiger partial charge < -0.3 is 25.7 Å². The second kappa shape index (κ2) is 7.99. The van der Waals surface area contributed by atoms with Gasteiger partial charge in [0.15, 0.2) is 5.13 Å². The number of hydrogen-bond donors (Lipinski definition) is 3. The van der Waals surface area contributed by atoms with E-state index in [1.54, 1.807) is 47.9 Å². The fourth-order valence-corrected chi connectivity index (χ4v) is 3.99. The Kier molecular flexibility index (Phi) is 5.23. The van der Waals surface area contributed by atoms with Crippen LogP contribution in [0.1, 0.15) is 16.9 Å². The van der Waals surface area contributed by atoms with E-state index < -0.39 is 11.8 Å². The van der Waals surface area contributed by atoms with Crippen LogP contribution >= 0.6 is 11.3 Å². The van der Waals surface area contributed by atoms with Gasteiger partial charge in [-0.25, -0.2) is 4.98 Å². The van der Waals surface area contributed by atoms with Crippen LogP contribution in [0.15, 0.2) is 41.9 Å². The molecule has 10 heteroatoms. The van der Waals surface area contributed by atoms with Gasteiger partial charge in [-0.3, -0.25) is 14.4 Å². The number of benzene rings is 1. The molecule has 0 aliphatic carbocycles. The van der Waals surface area contributed by atoms with Crippen LogP contribution in [0.5, 0.6) is 5.75 Å². The number of H-pyrrole nitrogens is 1. The molecule has 30 heavy (non-hydrogen) atoms. The topological polar surface area (TPSA) is 130 Å². The zero-order chi connectivity index (χ0) is 21.3. The van der Waals surface area contributed by atoms with Gasteiger partial charge in [-0.05, 0) is 18.2 Å². The van der Waals surface area contributed by atoms with Crippen LogP contribution in [0.2, 0.25) is 0 Å². The lowest BCUT2D eigenvalue weighted by Crippen LogP contribution is -2.28. The number of hydrogen-bond acceptors (Lipinski definition) is 6. The summed E-state index contributed by atoms with van der Waals surface area (Å²) in [5.74, 6) is -0.773. The summed E-state index contributed by atoms with van der Waals surface area (Å²) in [6.45, 7) is 0.288. The number of carbonyl (C=O) groups is 3. The van der Waals surface area contributed by atoms with Crippen molar-refractivity contribution in [2.24, 2.45) is 11.7 Å². The molecule has 1 atom stereocenters. The van der Waals surface area contributed by atoms with Crippen molar-refractivity contribution in [3.63, 3.8) is 0 Å². The van der Waals surface area contributed by atoms with E-state index in [0.717, 1.165) is 0 Å². The molecular weight excluding hydrogens is 406 g/mol. The molecule has 2 aromatic heterocycles. The number of carbonyl (C=O) groups excluding carboxylic acids is 3. The Bertz CT molecular complexity index is 1120. The monoisotopic (exact) mass is 425 g/mol. The zero-order valence-electron chi connectivity index (χ0n) is 16.0. The van der Waals surface area contributed by atoms with E-state index in [1.807, 2.05) is 6.07 Å². The Morgan fingerprint density at radius 2 is 2.20 bits per heavy atom. The number of methoxy groups -OCH3 is 1. The quantitative estimate of drug-likeness (QED) is 0.557. The first-order valence-electron chi connectivity index (χ1n) is 9.14. The van der Waals surface area contributed by atoms with Gasteiger partial charge >= 0.3 is 0 Å². The van der Waals surface area contributed by atoms with Crippen molar-refractivity contribution in [3.05, 3.63) is 47.6 Å². The van der Waals surface area contributed by atoms with Gasteiger partial charge in [0, 0.05) is 41.9 Å². The minimum atomic E-state index is -0.559. The summed E-state index contributed by atoms with van der Waals surface area (Å²) < 4.78 is 5.20. The van der Waals surface area contributed by atoms with Crippen LogP contribution in [-0.2, 0) is 9.59 Å². The summed E-state index contributed by atoms with van der Waals surface area (Å²) in [6, 6.07) is 8.78. The number of aromatic amines is 1. The number of nitrogens with one attached hydrogen (secondary N) is 2. The molecule has 0 bridgehead atoms. The summed E-state index contributed by atoms with van der Waals surface area (Å²) in [7, 11) is 1.56. The average molecular weight is 425 g/mol. The molecule has 1 aromatic carbocycles. The highest BCUT2D eigenvalue weighted by atomic mass is 32.1. The van der Waals surface area contributed by atoms with Gasteiger partial charge in [0.2, 0.25) is 11.8 Å². The lowest BCUT2D eigenvalue weighted by atomic mass is 10.1. The Balaban J connectivity index is 1.42. The van der Waals surface area contributed by atoms with Crippen molar-refractivity contribution >= 4 is 39.9 Å². The normalized spacial score (nSPS) is 16.0. The minimum absolute atomic E-state index is 0.116. The second-order valence-corrected chi connectivity index (χ2v) is 7.66. The number of ether oxygens (including phenoxy) is 1. The zero-order valence-corrected chi connectivity index (χ0v) is 16.9. The molecule has 3 heterocycles. The predicted molar refractivity (Wildman–Crippen MR) is 113 cm³/mol. The summed E-state index contributed by atoms with van der Waals surface area (Å²) in [6.07, 6.45) is 1.75. The first-order valence-corrected chi connectivity index (χ1v) is 10.0. The fraction of sp³-hybridized carbons (Fsp3) is 0.200. The number of nitrogens with two attached hydrogens (primary N) is 1. The van der Waals surface area contributed by atoms with E-state index in [1.165, 1.54) is 11.3 Å². The van der Waals surface area contributed by atoms with Crippen molar-refractivity contribution in [2.45, 2.75) is 6.42 Å². The van der Waals surface area contributed by atoms with Crippen LogP contribution in [0.25, 0.3) is 11.3 Å². The standard InChI is InChI=1S/C20H19N5O4S/c1-29-14-4-2-3-13(7-14)25-9-12(6-17(25)26)19(28)24-20-23-16(10-30-20)11-5-15(18(21)27)22-8-11/h2-5,7-8,10,12,22H,6,9H2,1H3,(H2,21,27)(H,23,24,28). The lowest BCUT2D eigenvalue weighted by Gasteiger charge is -2.17.